The Balaban J connectivity index is 2.04. The normalized spacial score (nSPS) is 12.2. The van der Waals surface area contributed by atoms with Crippen LogP contribution in [0, 0.1) is 0 Å². The number of benzene rings is 1. The van der Waals surface area contributed by atoms with Gasteiger partial charge in [-0.2, -0.15) is 5.10 Å². The number of aromatic amines is 1. The standard InChI is InChI=1S/C15H12N2O4/c18-13(14-10(15(19)20)6-7-21-14)11-8-16-17-12(11)9-4-2-1-3-5-9/h1-8,13,18H,(H,16,17)(H,19,20). The van der Waals surface area contributed by atoms with E-state index >= 15 is 0 Å². The number of H-pyrrole nitrogens is 1. The molecule has 0 amide bonds. The number of hydrogen-bond acceptors (Lipinski definition) is 4. The van der Waals surface area contributed by atoms with Crippen LogP contribution in [0.15, 0.2) is 53.3 Å². The van der Waals surface area contributed by atoms with E-state index < -0.39 is 12.1 Å². The van der Waals surface area contributed by atoms with Gasteiger partial charge in [0.25, 0.3) is 0 Å². The van der Waals surface area contributed by atoms with E-state index in [0.29, 0.717) is 11.3 Å². The van der Waals surface area contributed by atoms with Gasteiger partial charge in [0.05, 0.1) is 18.2 Å². The Bertz CT molecular complexity index is 761. The molecule has 1 aromatic carbocycles. The van der Waals surface area contributed by atoms with Crippen LogP contribution in [0.4, 0.5) is 0 Å². The number of carboxylic acid groups (broad SMARTS) is 1. The summed E-state index contributed by atoms with van der Waals surface area (Å²) in [6.45, 7) is 0. The summed E-state index contributed by atoms with van der Waals surface area (Å²) in [5.74, 6) is -1.16. The molecule has 3 N–H and O–H groups in total. The van der Waals surface area contributed by atoms with Crippen LogP contribution in [0.25, 0.3) is 11.3 Å². The zero-order valence-corrected chi connectivity index (χ0v) is 10.9. The van der Waals surface area contributed by atoms with Gasteiger partial charge in [-0.1, -0.05) is 30.3 Å². The number of furan rings is 1. The Morgan fingerprint density at radius 3 is 2.71 bits per heavy atom. The molecular formula is C15H12N2O4. The van der Waals surface area contributed by atoms with E-state index in [2.05, 4.69) is 10.2 Å². The lowest BCUT2D eigenvalue weighted by atomic mass is 10.0. The summed E-state index contributed by atoms with van der Waals surface area (Å²) in [4.78, 5) is 11.1. The van der Waals surface area contributed by atoms with Crippen LogP contribution in [-0.2, 0) is 0 Å². The second kappa shape index (κ2) is 5.26. The molecule has 0 bridgehead atoms. The van der Waals surface area contributed by atoms with Gasteiger partial charge in [-0.3, -0.25) is 5.10 Å². The lowest BCUT2D eigenvalue weighted by Gasteiger charge is -2.10. The third-order valence-electron chi connectivity index (χ3n) is 3.20. The van der Waals surface area contributed by atoms with Crippen molar-refractivity contribution in [1.82, 2.24) is 10.2 Å². The molecule has 0 saturated carbocycles. The molecule has 3 rings (SSSR count). The molecule has 106 valence electrons. The van der Waals surface area contributed by atoms with Crippen molar-refractivity contribution in [2.45, 2.75) is 6.10 Å². The summed E-state index contributed by atoms with van der Waals surface area (Å²) < 4.78 is 5.13. The van der Waals surface area contributed by atoms with Crippen molar-refractivity contribution in [3.05, 3.63) is 65.7 Å². The van der Waals surface area contributed by atoms with Crippen molar-refractivity contribution in [2.75, 3.05) is 0 Å². The Morgan fingerprint density at radius 2 is 2.00 bits per heavy atom. The Kier molecular flexibility index (Phi) is 3.29. The molecule has 0 aliphatic rings. The number of nitrogens with zero attached hydrogens (tertiary/aromatic N) is 1. The van der Waals surface area contributed by atoms with Crippen LogP contribution in [0.1, 0.15) is 27.8 Å². The van der Waals surface area contributed by atoms with E-state index in [4.69, 9.17) is 9.52 Å². The lowest BCUT2D eigenvalue weighted by molar-refractivity contribution is 0.0687. The van der Waals surface area contributed by atoms with Gasteiger partial charge < -0.3 is 14.6 Å². The molecule has 0 aliphatic carbocycles. The maximum absolute atomic E-state index is 11.1. The van der Waals surface area contributed by atoms with Crippen molar-refractivity contribution in [1.29, 1.82) is 0 Å². The maximum atomic E-state index is 11.1. The first-order valence-corrected chi connectivity index (χ1v) is 6.26. The predicted molar refractivity (Wildman–Crippen MR) is 73.8 cm³/mol. The first kappa shape index (κ1) is 13.1. The van der Waals surface area contributed by atoms with E-state index in [0.717, 1.165) is 5.56 Å². The third kappa shape index (κ3) is 2.32. The van der Waals surface area contributed by atoms with Crippen LogP contribution in [0.3, 0.4) is 0 Å². The Hall–Kier alpha value is -2.86. The number of aromatic nitrogens is 2. The minimum absolute atomic E-state index is 0.0129. The summed E-state index contributed by atoms with van der Waals surface area (Å²) in [7, 11) is 0. The van der Waals surface area contributed by atoms with Gasteiger partial charge in [0.15, 0.2) is 5.76 Å². The van der Waals surface area contributed by atoms with E-state index in [9.17, 15) is 9.90 Å². The van der Waals surface area contributed by atoms with Crippen LogP contribution in [0.2, 0.25) is 0 Å². The highest BCUT2D eigenvalue weighted by molar-refractivity contribution is 5.89. The number of hydrogen-bond donors (Lipinski definition) is 3. The van der Waals surface area contributed by atoms with Crippen molar-refractivity contribution >= 4 is 5.97 Å². The smallest absolute Gasteiger partial charge is 0.339 e. The van der Waals surface area contributed by atoms with Gasteiger partial charge in [0.1, 0.15) is 11.7 Å². The predicted octanol–water partition coefficient (Wildman–Crippen LogP) is 2.45. The topological polar surface area (TPSA) is 99.3 Å². The zero-order chi connectivity index (χ0) is 14.8. The highest BCUT2D eigenvalue weighted by atomic mass is 16.4. The molecule has 21 heavy (non-hydrogen) atoms. The van der Waals surface area contributed by atoms with Crippen LogP contribution >= 0.6 is 0 Å². The van der Waals surface area contributed by atoms with Gasteiger partial charge in [-0.05, 0) is 11.6 Å². The number of rotatable bonds is 4. The van der Waals surface area contributed by atoms with Gasteiger partial charge >= 0.3 is 5.97 Å². The number of carbonyl (C=O) groups is 1. The molecule has 0 saturated heterocycles. The number of aromatic carboxylic acids is 1. The largest absolute Gasteiger partial charge is 0.478 e. The number of carboxylic acids is 1. The van der Waals surface area contributed by atoms with Gasteiger partial charge in [-0.15, -0.1) is 0 Å². The average molecular weight is 284 g/mol. The second-order valence-electron chi connectivity index (χ2n) is 4.47. The zero-order valence-electron chi connectivity index (χ0n) is 10.9. The molecule has 1 atom stereocenters. The van der Waals surface area contributed by atoms with Gasteiger partial charge in [0.2, 0.25) is 0 Å². The van der Waals surface area contributed by atoms with Crippen molar-refractivity contribution < 1.29 is 19.4 Å². The fourth-order valence-electron chi connectivity index (χ4n) is 2.19. The van der Waals surface area contributed by atoms with Gasteiger partial charge in [0, 0.05) is 5.56 Å². The summed E-state index contributed by atoms with van der Waals surface area (Å²) in [5.41, 5.74) is 1.85. The van der Waals surface area contributed by atoms with Gasteiger partial charge in [-0.25, -0.2) is 4.79 Å². The number of aliphatic hydroxyl groups is 1. The molecular weight excluding hydrogens is 272 g/mol. The van der Waals surface area contributed by atoms with Crippen LogP contribution in [0.5, 0.6) is 0 Å². The first-order valence-electron chi connectivity index (χ1n) is 6.26. The fourth-order valence-corrected chi connectivity index (χ4v) is 2.19. The lowest BCUT2D eigenvalue weighted by Crippen LogP contribution is -2.06. The fraction of sp³-hybridized carbons (Fsp3) is 0.0667. The summed E-state index contributed by atoms with van der Waals surface area (Å²) in [6, 6.07) is 10.6. The Morgan fingerprint density at radius 1 is 1.24 bits per heavy atom. The monoisotopic (exact) mass is 284 g/mol. The maximum Gasteiger partial charge on any atom is 0.339 e. The molecule has 6 heteroatoms. The van der Waals surface area contributed by atoms with Crippen molar-refractivity contribution in [3.8, 4) is 11.3 Å². The molecule has 0 radical (unpaired) electrons. The van der Waals surface area contributed by atoms with Crippen LogP contribution in [-0.4, -0.2) is 26.4 Å². The van der Waals surface area contributed by atoms with Crippen molar-refractivity contribution in [2.24, 2.45) is 0 Å². The number of aliphatic hydroxyl groups excluding tert-OH is 1. The second-order valence-corrected chi connectivity index (χ2v) is 4.47. The van der Waals surface area contributed by atoms with Crippen molar-refractivity contribution in [3.63, 3.8) is 0 Å². The summed E-state index contributed by atoms with van der Waals surface area (Å²) >= 11 is 0. The quantitative estimate of drug-likeness (QED) is 0.683. The molecule has 6 nitrogen and oxygen atoms in total. The highest BCUT2D eigenvalue weighted by Gasteiger charge is 2.25. The molecule has 0 fully saturated rings. The van der Waals surface area contributed by atoms with E-state index in [-0.39, 0.29) is 11.3 Å². The first-order chi connectivity index (χ1) is 10.2. The molecule has 1 unspecified atom stereocenters. The molecule has 0 spiro atoms. The minimum Gasteiger partial charge on any atom is -0.478 e. The Labute approximate surface area is 119 Å². The highest BCUT2D eigenvalue weighted by Crippen LogP contribution is 2.32. The molecule has 2 aromatic heterocycles. The summed E-state index contributed by atoms with van der Waals surface area (Å²) in [5, 5.41) is 26.3. The average Bonchev–Trinajstić information content (AvgIpc) is 3.16. The molecule has 2 heterocycles. The SMILES string of the molecule is O=C(O)c1ccoc1C(O)c1cn[nH]c1-c1ccccc1. The number of nitrogens with one attached hydrogen (secondary N) is 1. The van der Waals surface area contributed by atoms with E-state index in [1.54, 1.807) is 0 Å². The van der Waals surface area contributed by atoms with E-state index in [1.807, 2.05) is 30.3 Å². The van der Waals surface area contributed by atoms with E-state index in [1.165, 1.54) is 18.5 Å². The minimum atomic E-state index is -1.21. The summed E-state index contributed by atoms with van der Waals surface area (Å²) in [6.07, 6.45) is 1.49. The van der Waals surface area contributed by atoms with Crippen LogP contribution < -0.4 is 0 Å². The molecule has 0 aliphatic heterocycles. The molecule has 3 aromatic rings. The third-order valence-corrected chi connectivity index (χ3v) is 3.20.